The van der Waals surface area contributed by atoms with Crippen molar-refractivity contribution in [3.8, 4) is 0 Å². The lowest BCUT2D eigenvalue weighted by Gasteiger charge is -2.20. The monoisotopic (exact) mass is 295 g/mol. The van der Waals surface area contributed by atoms with Crippen molar-refractivity contribution in [2.75, 3.05) is 5.32 Å². The van der Waals surface area contributed by atoms with Gasteiger partial charge in [-0.25, -0.2) is 0 Å². The number of carbonyl (C=O) groups is 1. The predicted molar refractivity (Wildman–Crippen MR) is 93.4 cm³/mol. The number of anilines is 1. The Morgan fingerprint density at radius 1 is 0.955 bits per heavy atom. The summed E-state index contributed by atoms with van der Waals surface area (Å²) in [5.74, 6) is -0.150. The third-order valence-corrected chi connectivity index (χ3v) is 3.99. The molecule has 0 bridgehead atoms. The van der Waals surface area contributed by atoms with Crippen LogP contribution in [0.2, 0.25) is 0 Å². The van der Waals surface area contributed by atoms with Crippen molar-refractivity contribution >= 4 is 11.6 Å². The number of hydrogen-bond acceptors (Lipinski definition) is 1. The molecule has 0 aromatic heterocycles. The summed E-state index contributed by atoms with van der Waals surface area (Å²) in [4.78, 5) is 12.4. The molecule has 22 heavy (non-hydrogen) atoms. The van der Waals surface area contributed by atoms with E-state index >= 15 is 0 Å². The summed E-state index contributed by atoms with van der Waals surface area (Å²) in [5, 5.41) is 2.97. The lowest BCUT2D eigenvalue weighted by Crippen LogP contribution is -2.19. The number of benzene rings is 2. The summed E-state index contributed by atoms with van der Waals surface area (Å²) in [5.41, 5.74) is 4.48. The summed E-state index contributed by atoms with van der Waals surface area (Å²) in [6.45, 7) is 10.5. The second kappa shape index (κ2) is 6.35. The Hall–Kier alpha value is -2.09. The van der Waals surface area contributed by atoms with Crippen LogP contribution in [0.3, 0.4) is 0 Å². The molecule has 0 heterocycles. The Morgan fingerprint density at radius 3 is 2.00 bits per heavy atom. The van der Waals surface area contributed by atoms with E-state index in [1.165, 1.54) is 11.1 Å². The molecule has 1 N–H and O–H groups in total. The Balaban J connectivity index is 2.08. The molecule has 2 rings (SSSR count). The number of hydrogen-bond donors (Lipinski definition) is 1. The minimum Gasteiger partial charge on any atom is -0.326 e. The predicted octanol–water partition coefficient (Wildman–Crippen LogP) is 5.03. The van der Waals surface area contributed by atoms with Gasteiger partial charge in [-0.2, -0.15) is 0 Å². The first-order valence-electron chi connectivity index (χ1n) is 7.75. The zero-order valence-electron chi connectivity index (χ0n) is 14.1. The Labute approximate surface area is 133 Å². The summed E-state index contributed by atoms with van der Waals surface area (Å²) >= 11 is 0. The molecule has 0 saturated heterocycles. The van der Waals surface area contributed by atoms with Crippen LogP contribution in [0.5, 0.6) is 0 Å². The fourth-order valence-corrected chi connectivity index (χ4v) is 2.31. The molecule has 116 valence electrons. The Bertz CT molecular complexity index is 633. The molecule has 1 amide bonds. The molecule has 0 radical (unpaired) electrons. The molecule has 0 aliphatic carbocycles. The smallest absolute Gasteiger partial charge is 0.231 e. The third kappa shape index (κ3) is 3.97. The first-order chi connectivity index (χ1) is 10.3. The van der Waals surface area contributed by atoms with Crippen LogP contribution < -0.4 is 5.32 Å². The van der Waals surface area contributed by atoms with Crippen molar-refractivity contribution in [2.45, 2.75) is 46.0 Å². The largest absolute Gasteiger partial charge is 0.326 e. The van der Waals surface area contributed by atoms with Gasteiger partial charge in [0.25, 0.3) is 0 Å². The number of nitrogens with one attached hydrogen (secondary N) is 1. The molecule has 0 fully saturated rings. The number of aryl methyl sites for hydroxylation is 1. The van der Waals surface area contributed by atoms with Gasteiger partial charge in [0.15, 0.2) is 0 Å². The third-order valence-electron chi connectivity index (χ3n) is 3.99. The topological polar surface area (TPSA) is 29.1 Å². The number of rotatable bonds is 3. The fraction of sp³-hybridized carbons (Fsp3) is 0.350. The van der Waals surface area contributed by atoms with Crippen LogP contribution in [0.1, 0.15) is 50.3 Å². The van der Waals surface area contributed by atoms with Crippen molar-refractivity contribution in [3.05, 3.63) is 65.2 Å². The van der Waals surface area contributed by atoms with Gasteiger partial charge in [0.05, 0.1) is 5.92 Å². The van der Waals surface area contributed by atoms with Crippen molar-refractivity contribution in [3.63, 3.8) is 0 Å². The average Bonchev–Trinajstić information content (AvgIpc) is 2.48. The van der Waals surface area contributed by atoms with Crippen molar-refractivity contribution in [2.24, 2.45) is 0 Å². The van der Waals surface area contributed by atoms with Gasteiger partial charge in [-0.3, -0.25) is 4.79 Å². The molecule has 1 atom stereocenters. The van der Waals surface area contributed by atoms with Crippen molar-refractivity contribution in [1.29, 1.82) is 0 Å². The van der Waals surface area contributed by atoms with Gasteiger partial charge in [0, 0.05) is 5.69 Å². The maximum atomic E-state index is 12.4. The second-order valence-electron chi connectivity index (χ2n) is 6.95. The van der Waals surface area contributed by atoms with E-state index in [9.17, 15) is 4.79 Å². The van der Waals surface area contributed by atoms with E-state index in [2.05, 4.69) is 50.4 Å². The maximum absolute atomic E-state index is 12.4. The maximum Gasteiger partial charge on any atom is 0.231 e. The molecule has 2 nitrogen and oxygen atoms in total. The highest BCUT2D eigenvalue weighted by Crippen LogP contribution is 2.25. The van der Waals surface area contributed by atoms with Crippen molar-refractivity contribution < 1.29 is 4.79 Å². The first-order valence-corrected chi connectivity index (χ1v) is 7.75. The Morgan fingerprint density at radius 2 is 1.50 bits per heavy atom. The molecule has 0 aliphatic heterocycles. The van der Waals surface area contributed by atoms with Gasteiger partial charge < -0.3 is 5.32 Å². The second-order valence-corrected chi connectivity index (χ2v) is 6.95. The quantitative estimate of drug-likeness (QED) is 0.845. The van der Waals surface area contributed by atoms with Gasteiger partial charge in [0.1, 0.15) is 0 Å². The molecule has 0 saturated carbocycles. The van der Waals surface area contributed by atoms with E-state index in [4.69, 9.17) is 0 Å². The van der Waals surface area contributed by atoms with E-state index in [0.29, 0.717) is 0 Å². The van der Waals surface area contributed by atoms with Gasteiger partial charge in [-0.1, -0.05) is 62.7 Å². The van der Waals surface area contributed by atoms with Gasteiger partial charge in [0.2, 0.25) is 5.91 Å². The zero-order chi connectivity index (χ0) is 16.3. The van der Waals surface area contributed by atoms with E-state index in [1.807, 2.05) is 38.1 Å². The highest BCUT2D eigenvalue weighted by molar-refractivity contribution is 5.95. The van der Waals surface area contributed by atoms with Crippen LogP contribution >= 0.6 is 0 Å². The molecule has 0 aliphatic rings. The summed E-state index contributed by atoms with van der Waals surface area (Å²) in [6.07, 6.45) is 0. The molecule has 2 aromatic rings. The summed E-state index contributed by atoms with van der Waals surface area (Å²) in [6, 6.07) is 16.2. The van der Waals surface area contributed by atoms with Gasteiger partial charge in [-0.05, 0) is 42.5 Å². The Kier molecular flexibility index (Phi) is 4.70. The first kappa shape index (κ1) is 16.3. The lowest BCUT2D eigenvalue weighted by atomic mass is 9.85. The van der Waals surface area contributed by atoms with Crippen LogP contribution in [-0.2, 0) is 10.2 Å². The van der Waals surface area contributed by atoms with E-state index in [1.54, 1.807) is 0 Å². The number of amides is 1. The SMILES string of the molecule is Cc1ccc(NC(=O)C(C)c2ccc(C(C)(C)C)cc2)cc1. The molecule has 1 unspecified atom stereocenters. The standard InChI is InChI=1S/C20H25NO/c1-14-6-12-18(13-7-14)21-19(22)15(2)16-8-10-17(11-9-16)20(3,4)5/h6-13,15H,1-5H3,(H,21,22). The summed E-state index contributed by atoms with van der Waals surface area (Å²) in [7, 11) is 0. The van der Waals surface area contributed by atoms with E-state index < -0.39 is 0 Å². The molecule has 2 aromatic carbocycles. The van der Waals surface area contributed by atoms with E-state index in [-0.39, 0.29) is 17.2 Å². The van der Waals surface area contributed by atoms with Crippen LogP contribution in [0.25, 0.3) is 0 Å². The minimum absolute atomic E-state index is 0.0207. The van der Waals surface area contributed by atoms with Crippen LogP contribution in [0.4, 0.5) is 5.69 Å². The van der Waals surface area contributed by atoms with E-state index in [0.717, 1.165) is 11.3 Å². The fourth-order valence-electron chi connectivity index (χ4n) is 2.31. The van der Waals surface area contributed by atoms with Crippen LogP contribution in [0.15, 0.2) is 48.5 Å². The minimum atomic E-state index is -0.171. The van der Waals surface area contributed by atoms with Gasteiger partial charge in [-0.15, -0.1) is 0 Å². The highest BCUT2D eigenvalue weighted by Gasteiger charge is 2.17. The van der Waals surface area contributed by atoms with Crippen LogP contribution in [0, 0.1) is 6.92 Å². The number of carbonyl (C=O) groups excluding carboxylic acids is 1. The molecular formula is C20H25NO. The normalized spacial score (nSPS) is 12.8. The molecular weight excluding hydrogens is 270 g/mol. The highest BCUT2D eigenvalue weighted by atomic mass is 16.1. The molecule has 0 spiro atoms. The van der Waals surface area contributed by atoms with Gasteiger partial charge >= 0.3 is 0 Å². The average molecular weight is 295 g/mol. The van der Waals surface area contributed by atoms with Crippen molar-refractivity contribution in [1.82, 2.24) is 0 Å². The molecule has 2 heteroatoms. The van der Waals surface area contributed by atoms with Crippen LogP contribution in [-0.4, -0.2) is 5.91 Å². The lowest BCUT2D eigenvalue weighted by molar-refractivity contribution is -0.117. The summed E-state index contributed by atoms with van der Waals surface area (Å²) < 4.78 is 0. The zero-order valence-corrected chi connectivity index (χ0v) is 14.1.